The van der Waals surface area contributed by atoms with E-state index >= 15 is 0 Å². The molecule has 74 valence electrons. The summed E-state index contributed by atoms with van der Waals surface area (Å²) in [6.07, 6.45) is 1.73. The van der Waals surface area contributed by atoms with Gasteiger partial charge in [-0.25, -0.2) is 0 Å². The summed E-state index contributed by atoms with van der Waals surface area (Å²) in [6, 6.07) is -0.225. The van der Waals surface area contributed by atoms with Crippen molar-refractivity contribution in [2.75, 3.05) is 13.1 Å². The molecule has 2 amide bonds. The van der Waals surface area contributed by atoms with Gasteiger partial charge in [0, 0.05) is 20.0 Å². The van der Waals surface area contributed by atoms with Crippen molar-refractivity contribution >= 4 is 11.8 Å². The molecule has 0 aromatic carbocycles. The van der Waals surface area contributed by atoms with Crippen molar-refractivity contribution in [3.63, 3.8) is 0 Å². The van der Waals surface area contributed by atoms with Crippen molar-refractivity contribution < 1.29 is 9.59 Å². The van der Waals surface area contributed by atoms with Crippen LogP contribution in [0.3, 0.4) is 0 Å². The fourth-order valence-corrected chi connectivity index (χ4v) is 1.71. The molecule has 0 radical (unpaired) electrons. The van der Waals surface area contributed by atoms with Crippen LogP contribution in [0.1, 0.15) is 26.7 Å². The van der Waals surface area contributed by atoms with Crippen LogP contribution in [0.5, 0.6) is 0 Å². The van der Waals surface area contributed by atoms with E-state index in [2.05, 4.69) is 5.32 Å². The second-order valence-electron chi connectivity index (χ2n) is 3.27. The standard InChI is InChI=1S/C9H16N2O2/c1-3-10-9(13)8-5-4-6-11(8)7(2)12/h8H,3-6H2,1-2H3,(H,10,13)/t8-/m0/s1. The lowest BCUT2D eigenvalue weighted by molar-refractivity contribution is -0.136. The summed E-state index contributed by atoms with van der Waals surface area (Å²) in [4.78, 5) is 24.2. The SMILES string of the molecule is CCNC(=O)[C@@H]1CCCN1C(C)=O. The second-order valence-corrected chi connectivity index (χ2v) is 3.27. The third-order valence-electron chi connectivity index (χ3n) is 2.31. The Morgan fingerprint density at radius 3 is 2.77 bits per heavy atom. The highest BCUT2D eigenvalue weighted by Gasteiger charge is 2.31. The molecule has 1 aliphatic heterocycles. The van der Waals surface area contributed by atoms with Crippen LogP contribution in [0, 0.1) is 0 Å². The number of likely N-dealkylation sites (N-methyl/N-ethyl adjacent to an activating group) is 1. The Hall–Kier alpha value is -1.06. The number of hydrogen-bond acceptors (Lipinski definition) is 2. The summed E-state index contributed by atoms with van der Waals surface area (Å²) < 4.78 is 0. The molecule has 13 heavy (non-hydrogen) atoms. The Balaban J connectivity index is 2.57. The molecule has 1 fully saturated rings. The molecule has 0 unspecified atom stereocenters. The number of nitrogens with zero attached hydrogens (tertiary/aromatic N) is 1. The first-order valence-corrected chi connectivity index (χ1v) is 4.71. The number of likely N-dealkylation sites (tertiary alicyclic amines) is 1. The molecular formula is C9H16N2O2. The summed E-state index contributed by atoms with van der Waals surface area (Å²) in [5.41, 5.74) is 0. The predicted octanol–water partition coefficient (Wildman–Crippen LogP) is 0.133. The van der Waals surface area contributed by atoms with Crippen molar-refractivity contribution in [1.29, 1.82) is 0 Å². The molecule has 1 N–H and O–H groups in total. The van der Waals surface area contributed by atoms with Crippen LogP contribution >= 0.6 is 0 Å². The normalized spacial score (nSPS) is 21.7. The molecular weight excluding hydrogens is 168 g/mol. The van der Waals surface area contributed by atoms with E-state index in [1.165, 1.54) is 6.92 Å². The number of amides is 2. The van der Waals surface area contributed by atoms with E-state index in [1.54, 1.807) is 4.90 Å². The number of carbonyl (C=O) groups is 2. The average molecular weight is 184 g/mol. The van der Waals surface area contributed by atoms with Crippen LogP contribution < -0.4 is 5.32 Å². The maximum absolute atomic E-state index is 11.5. The monoisotopic (exact) mass is 184 g/mol. The van der Waals surface area contributed by atoms with E-state index in [4.69, 9.17) is 0 Å². The van der Waals surface area contributed by atoms with Gasteiger partial charge in [0.05, 0.1) is 0 Å². The number of rotatable bonds is 2. The predicted molar refractivity (Wildman–Crippen MR) is 49.1 cm³/mol. The summed E-state index contributed by atoms with van der Waals surface area (Å²) in [6.45, 7) is 4.74. The van der Waals surface area contributed by atoms with E-state index in [-0.39, 0.29) is 17.9 Å². The molecule has 1 heterocycles. The third kappa shape index (κ3) is 2.20. The van der Waals surface area contributed by atoms with Gasteiger partial charge in [0.2, 0.25) is 11.8 Å². The zero-order valence-corrected chi connectivity index (χ0v) is 8.17. The summed E-state index contributed by atoms with van der Waals surface area (Å²) in [5.74, 6) is -0.0241. The molecule has 4 heteroatoms. The van der Waals surface area contributed by atoms with Crippen LogP contribution in [0.4, 0.5) is 0 Å². The fourth-order valence-electron chi connectivity index (χ4n) is 1.71. The first-order chi connectivity index (χ1) is 6.16. The Labute approximate surface area is 78.3 Å². The van der Waals surface area contributed by atoms with Crippen molar-refractivity contribution in [3.05, 3.63) is 0 Å². The van der Waals surface area contributed by atoms with Gasteiger partial charge in [-0.15, -0.1) is 0 Å². The van der Waals surface area contributed by atoms with Gasteiger partial charge < -0.3 is 10.2 Å². The van der Waals surface area contributed by atoms with Gasteiger partial charge in [0.15, 0.2) is 0 Å². The van der Waals surface area contributed by atoms with Crippen molar-refractivity contribution in [2.24, 2.45) is 0 Å². The summed E-state index contributed by atoms with van der Waals surface area (Å²) in [5, 5.41) is 2.74. The molecule has 0 spiro atoms. The highest BCUT2D eigenvalue weighted by atomic mass is 16.2. The lowest BCUT2D eigenvalue weighted by Gasteiger charge is -2.21. The summed E-state index contributed by atoms with van der Waals surface area (Å²) >= 11 is 0. The Kier molecular flexibility index (Phi) is 3.28. The van der Waals surface area contributed by atoms with Crippen LogP contribution in [0.15, 0.2) is 0 Å². The van der Waals surface area contributed by atoms with Gasteiger partial charge in [-0.05, 0) is 19.8 Å². The Morgan fingerprint density at radius 2 is 2.23 bits per heavy atom. The first-order valence-electron chi connectivity index (χ1n) is 4.71. The molecule has 0 aromatic rings. The summed E-state index contributed by atoms with van der Waals surface area (Å²) in [7, 11) is 0. The average Bonchev–Trinajstić information content (AvgIpc) is 2.52. The first kappa shape index (κ1) is 10.0. The lowest BCUT2D eigenvalue weighted by Crippen LogP contribution is -2.45. The second kappa shape index (κ2) is 4.25. The smallest absolute Gasteiger partial charge is 0.242 e. The van der Waals surface area contributed by atoms with E-state index < -0.39 is 0 Å². The molecule has 0 saturated carbocycles. The minimum absolute atomic E-state index is 0.00578. The van der Waals surface area contributed by atoms with Crippen molar-refractivity contribution in [2.45, 2.75) is 32.7 Å². The van der Waals surface area contributed by atoms with Crippen LogP contribution in [-0.4, -0.2) is 35.8 Å². The van der Waals surface area contributed by atoms with Crippen molar-refractivity contribution in [3.8, 4) is 0 Å². The fraction of sp³-hybridized carbons (Fsp3) is 0.778. The van der Waals surface area contributed by atoms with Gasteiger partial charge in [0.25, 0.3) is 0 Å². The molecule has 0 bridgehead atoms. The van der Waals surface area contributed by atoms with E-state index in [1.807, 2.05) is 6.92 Å². The van der Waals surface area contributed by atoms with Crippen LogP contribution in [0.2, 0.25) is 0 Å². The molecule has 1 saturated heterocycles. The molecule has 4 nitrogen and oxygen atoms in total. The van der Waals surface area contributed by atoms with E-state index in [0.717, 1.165) is 19.4 Å². The van der Waals surface area contributed by atoms with Gasteiger partial charge in [-0.1, -0.05) is 0 Å². The minimum atomic E-state index is -0.225. The molecule has 1 atom stereocenters. The van der Waals surface area contributed by atoms with Gasteiger partial charge in [-0.3, -0.25) is 9.59 Å². The minimum Gasteiger partial charge on any atom is -0.355 e. The van der Waals surface area contributed by atoms with E-state index in [9.17, 15) is 9.59 Å². The lowest BCUT2D eigenvalue weighted by atomic mass is 10.2. The topological polar surface area (TPSA) is 49.4 Å². The Morgan fingerprint density at radius 1 is 1.54 bits per heavy atom. The van der Waals surface area contributed by atoms with Gasteiger partial charge in [0.1, 0.15) is 6.04 Å². The van der Waals surface area contributed by atoms with Crippen molar-refractivity contribution in [1.82, 2.24) is 10.2 Å². The highest BCUT2D eigenvalue weighted by molar-refractivity contribution is 5.87. The highest BCUT2D eigenvalue weighted by Crippen LogP contribution is 2.16. The zero-order chi connectivity index (χ0) is 9.84. The largest absolute Gasteiger partial charge is 0.355 e. The molecule has 0 aliphatic carbocycles. The zero-order valence-electron chi connectivity index (χ0n) is 8.17. The third-order valence-corrected chi connectivity index (χ3v) is 2.31. The molecule has 1 rings (SSSR count). The Bertz CT molecular complexity index is 216. The van der Waals surface area contributed by atoms with Crippen LogP contribution in [0.25, 0.3) is 0 Å². The van der Waals surface area contributed by atoms with E-state index in [0.29, 0.717) is 6.54 Å². The maximum atomic E-state index is 11.5. The number of hydrogen-bond donors (Lipinski definition) is 1. The maximum Gasteiger partial charge on any atom is 0.242 e. The number of carbonyl (C=O) groups excluding carboxylic acids is 2. The van der Waals surface area contributed by atoms with Gasteiger partial charge >= 0.3 is 0 Å². The molecule has 1 aliphatic rings. The van der Waals surface area contributed by atoms with Gasteiger partial charge in [-0.2, -0.15) is 0 Å². The van der Waals surface area contributed by atoms with Crippen LogP contribution in [-0.2, 0) is 9.59 Å². The number of nitrogens with one attached hydrogen (secondary N) is 1. The molecule has 0 aromatic heterocycles. The quantitative estimate of drug-likeness (QED) is 0.663.